The lowest BCUT2D eigenvalue weighted by Gasteiger charge is -2.25. The van der Waals surface area contributed by atoms with E-state index in [1.807, 2.05) is 0 Å². The second-order valence-electron chi connectivity index (χ2n) is 4.30. The van der Waals surface area contributed by atoms with Crippen LogP contribution in [0.15, 0.2) is 18.5 Å². The standard InChI is InChI=1S/C10H14N4O3/c1-10(2,5-9(11)15)13-7-3-4-12-6-8(7)14(16)17/h3-4,6H,5H2,1-2H3,(H2,11,15)(H,12,13). The fraction of sp³-hybridized carbons (Fsp3) is 0.400. The first-order valence-electron chi connectivity index (χ1n) is 4.97. The SMILES string of the molecule is CC(C)(CC(N)=O)Nc1ccncc1[N+](=O)[O-]. The van der Waals surface area contributed by atoms with Crippen molar-refractivity contribution in [3.8, 4) is 0 Å². The Morgan fingerprint density at radius 2 is 2.29 bits per heavy atom. The molecule has 0 radical (unpaired) electrons. The van der Waals surface area contributed by atoms with Gasteiger partial charge in [-0.25, -0.2) is 0 Å². The van der Waals surface area contributed by atoms with Crippen molar-refractivity contribution < 1.29 is 9.72 Å². The average molecular weight is 238 g/mol. The Morgan fingerprint density at radius 3 is 2.82 bits per heavy atom. The van der Waals surface area contributed by atoms with Gasteiger partial charge >= 0.3 is 5.69 Å². The van der Waals surface area contributed by atoms with Crippen molar-refractivity contribution in [3.63, 3.8) is 0 Å². The molecule has 0 saturated heterocycles. The fourth-order valence-electron chi connectivity index (χ4n) is 1.48. The van der Waals surface area contributed by atoms with Crippen molar-refractivity contribution in [2.45, 2.75) is 25.8 Å². The van der Waals surface area contributed by atoms with Crippen LogP contribution in [-0.2, 0) is 4.79 Å². The zero-order valence-electron chi connectivity index (χ0n) is 9.64. The fourth-order valence-corrected chi connectivity index (χ4v) is 1.48. The molecule has 92 valence electrons. The number of nitrogens with two attached hydrogens (primary N) is 1. The van der Waals surface area contributed by atoms with E-state index in [4.69, 9.17) is 5.73 Å². The molecular formula is C10H14N4O3. The lowest BCUT2D eigenvalue weighted by molar-refractivity contribution is -0.384. The molecule has 0 aliphatic rings. The Kier molecular flexibility index (Phi) is 3.62. The second kappa shape index (κ2) is 4.77. The summed E-state index contributed by atoms with van der Waals surface area (Å²) in [5.74, 6) is -0.473. The molecule has 1 aromatic rings. The van der Waals surface area contributed by atoms with Crippen LogP contribution in [0.5, 0.6) is 0 Å². The quantitative estimate of drug-likeness (QED) is 0.588. The molecule has 0 aromatic carbocycles. The van der Waals surface area contributed by atoms with Gasteiger partial charge in [0, 0.05) is 18.2 Å². The van der Waals surface area contributed by atoms with Gasteiger partial charge in [-0.1, -0.05) is 0 Å². The van der Waals surface area contributed by atoms with E-state index >= 15 is 0 Å². The average Bonchev–Trinajstić information content (AvgIpc) is 2.14. The van der Waals surface area contributed by atoms with Crippen molar-refractivity contribution >= 4 is 17.3 Å². The van der Waals surface area contributed by atoms with Crippen LogP contribution in [0.1, 0.15) is 20.3 Å². The number of primary amides is 1. The van der Waals surface area contributed by atoms with Gasteiger partial charge in [-0.3, -0.25) is 19.9 Å². The van der Waals surface area contributed by atoms with Crippen molar-refractivity contribution in [1.29, 1.82) is 0 Å². The molecule has 0 spiro atoms. The zero-order chi connectivity index (χ0) is 13.1. The molecule has 1 aromatic heterocycles. The number of nitrogens with one attached hydrogen (secondary N) is 1. The third-order valence-corrected chi connectivity index (χ3v) is 2.09. The van der Waals surface area contributed by atoms with Gasteiger partial charge in [0.2, 0.25) is 5.91 Å². The summed E-state index contributed by atoms with van der Waals surface area (Å²) in [5, 5.41) is 13.7. The maximum atomic E-state index is 10.9. The van der Waals surface area contributed by atoms with Gasteiger partial charge in [-0.05, 0) is 19.9 Å². The highest BCUT2D eigenvalue weighted by atomic mass is 16.6. The maximum absolute atomic E-state index is 10.9. The Balaban J connectivity index is 2.95. The van der Waals surface area contributed by atoms with E-state index in [0.29, 0.717) is 5.69 Å². The van der Waals surface area contributed by atoms with Crippen LogP contribution in [0.2, 0.25) is 0 Å². The number of carbonyl (C=O) groups is 1. The number of amides is 1. The number of anilines is 1. The van der Waals surface area contributed by atoms with E-state index < -0.39 is 16.4 Å². The van der Waals surface area contributed by atoms with Gasteiger partial charge < -0.3 is 11.1 Å². The molecule has 0 atom stereocenters. The molecule has 17 heavy (non-hydrogen) atoms. The first-order chi connectivity index (χ1) is 7.82. The van der Waals surface area contributed by atoms with E-state index in [1.165, 1.54) is 12.3 Å². The predicted molar refractivity (Wildman–Crippen MR) is 62.4 cm³/mol. The molecular weight excluding hydrogens is 224 g/mol. The van der Waals surface area contributed by atoms with Gasteiger partial charge in [0.25, 0.3) is 0 Å². The molecule has 1 heterocycles. The maximum Gasteiger partial charge on any atom is 0.310 e. The highest BCUT2D eigenvalue weighted by Gasteiger charge is 2.24. The van der Waals surface area contributed by atoms with Gasteiger partial charge in [0.15, 0.2) is 0 Å². The summed E-state index contributed by atoms with van der Waals surface area (Å²) in [4.78, 5) is 24.8. The summed E-state index contributed by atoms with van der Waals surface area (Å²) in [7, 11) is 0. The minimum absolute atomic E-state index is 0.0759. The Morgan fingerprint density at radius 1 is 1.65 bits per heavy atom. The molecule has 0 fully saturated rings. The third-order valence-electron chi connectivity index (χ3n) is 2.09. The van der Waals surface area contributed by atoms with E-state index in [0.717, 1.165) is 6.20 Å². The van der Waals surface area contributed by atoms with Gasteiger partial charge in [0.05, 0.1) is 4.92 Å². The van der Waals surface area contributed by atoms with Crippen molar-refractivity contribution in [2.75, 3.05) is 5.32 Å². The van der Waals surface area contributed by atoms with Crippen LogP contribution in [0.3, 0.4) is 0 Å². The third kappa shape index (κ3) is 3.71. The Bertz CT molecular complexity index is 445. The molecule has 3 N–H and O–H groups in total. The normalized spacial score (nSPS) is 10.9. The Hall–Kier alpha value is -2.18. The van der Waals surface area contributed by atoms with E-state index in [1.54, 1.807) is 13.8 Å². The second-order valence-corrected chi connectivity index (χ2v) is 4.30. The number of carbonyl (C=O) groups excluding carboxylic acids is 1. The first kappa shape index (κ1) is 12.9. The van der Waals surface area contributed by atoms with Crippen LogP contribution in [0.25, 0.3) is 0 Å². The molecule has 0 aliphatic carbocycles. The van der Waals surface area contributed by atoms with Gasteiger partial charge in [-0.2, -0.15) is 0 Å². The van der Waals surface area contributed by atoms with Crippen molar-refractivity contribution in [1.82, 2.24) is 4.98 Å². The molecule has 1 amide bonds. The molecule has 0 aliphatic heterocycles. The van der Waals surface area contributed by atoms with Crippen LogP contribution in [-0.4, -0.2) is 21.4 Å². The summed E-state index contributed by atoms with van der Waals surface area (Å²) in [6.45, 7) is 3.48. The summed E-state index contributed by atoms with van der Waals surface area (Å²) >= 11 is 0. The molecule has 0 unspecified atom stereocenters. The van der Waals surface area contributed by atoms with Gasteiger partial charge in [-0.15, -0.1) is 0 Å². The molecule has 7 nitrogen and oxygen atoms in total. The summed E-state index contributed by atoms with van der Waals surface area (Å²) in [5.41, 5.74) is 4.63. The predicted octanol–water partition coefficient (Wildman–Crippen LogP) is 1.06. The minimum Gasteiger partial charge on any atom is -0.374 e. The largest absolute Gasteiger partial charge is 0.374 e. The number of pyridine rings is 1. The minimum atomic E-state index is -0.655. The smallest absolute Gasteiger partial charge is 0.310 e. The summed E-state index contributed by atoms with van der Waals surface area (Å²) in [6.07, 6.45) is 2.67. The van der Waals surface area contributed by atoms with E-state index in [9.17, 15) is 14.9 Å². The lowest BCUT2D eigenvalue weighted by Crippen LogP contribution is -2.36. The summed E-state index contributed by atoms with van der Waals surface area (Å²) < 4.78 is 0. The highest BCUT2D eigenvalue weighted by Crippen LogP contribution is 2.26. The lowest BCUT2D eigenvalue weighted by atomic mass is 10.00. The van der Waals surface area contributed by atoms with E-state index in [2.05, 4.69) is 10.3 Å². The first-order valence-corrected chi connectivity index (χ1v) is 4.97. The number of rotatable bonds is 5. The van der Waals surface area contributed by atoms with E-state index in [-0.39, 0.29) is 12.1 Å². The topological polar surface area (TPSA) is 111 Å². The van der Waals surface area contributed by atoms with Crippen LogP contribution < -0.4 is 11.1 Å². The molecule has 1 rings (SSSR count). The number of nitrogens with zero attached hydrogens (tertiary/aromatic N) is 2. The van der Waals surface area contributed by atoms with Crippen LogP contribution in [0.4, 0.5) is 11.4 Å². The van der Waals surface area contributed by atoms with Gasteiger partial charge in [0.1, 0.15) is 11.9 Å². The summed E-state index contributed by atoms with van der Waals surface area (Å²) in [6, 6.07) is 1.49. The molecule has 7 heteroatoms. The van der Waals surface area contributed by atoms with Crippen LogP contribution >= 0.6 is 0 Å². The van der Waals surface area contributed by atoms with Crippen molar-refractivity contribution in [2.24, 2.45) is 5.73 Å². The van der Waals surface area contributed by atoms with Crippen LogP contribution in [0, 0.1) is 10.1 Å². The number of hydrogen-bond acceptors (Lipinski definition) is 5. The zero-order valence-corrected chi connectivity index (χ0v) is 9.64. The Labute approximate surface area is 98.2 Å². The highest BCUT2D eigenvalue weighted by molar-refractivity contribution is 5.76. The van der Waals surface area contributed by atoms with Crippen molar-refractivity contribution in [3.05, 3.63) is 28.6 Å². The number of hydrogen-bond donors (Lipinski definition) is 2. The number of nitro groups is 1. The molecule has 0 saturated carbocycles. The monoisotopic (exact) mass is 238 g/mol. The number of aromatic nitrogens is 1. The molecule has 0 bridgehead atoms.